The summed E-state index contributed by atoms with van der Waals surface area (Å²) in [6.07, 6.45) is 0. The molecule has 0 saturated carbocycles. The van der Waals surface area contributed by atoms with Gasteiger partial charge in [0.05, 0.1) is 17.6 Å². The van der Waals surface area contributed by atoms with Crippen molar-refractivity contribution in [3.05, 3.63) is 23.8 Å². The van der Waals surface area contributed by atoms with Crippen LogP contribution in [0.15, 0.2) is 23.1 Å². The Morgan fingerprint density at radius 2 is 2.14 bits per heavy atom. The highest BCUT2D eigenvalue weighted by atomic mass is 35.5. The lowest BCUT2D eigenvalue weighted by molar-refractivity contribution is 0.0997. The number of primary amides is 1. The molecule has 2 rings (SSSR count). The first-order valence-electron chi connectivity index (χ1n) is 6.57. The van der Waals surface area contributed by atoms with Gasteiger partial charge in [-0.3, -0.25) is 4.79 Å². The summed E-state index contributed by atoms with van der Waals surface area (Å²) in [5.41, 5.74) is 5.32. The van der Waals surface area contributed by atoms with Gasteiger partial charge in [-0.2, -0.15) is 4.31 Å². The van der Waals surface area contributed by atoms with Crippen LogP contribution in [-0.2, 0) is 10.0 Å². The third-order valence-corrected chi connectivity index (χ3v) is 5.27. The number of nitrogens with two attached hydrogens (primary N) is 1. The molecule has 1 amide bonds. The van der Waals surface area contributed by atoms with Gasteiger partial charge in [0, 0.05) is 25.7 Å². The Morgan fingerprint density at radius 3 is 2.68 bits per heavy atom. The van der Waals surface area contributed by atoms with E-state index in [-0.39, 0.29) is 34.7 Å². The number of carbonyl (C=O) groups excluding carboxylic acids is 1. The fraction of sp³-hybridized carbons (Fsp3) is 0.462. The monoisotopic (exact) mass is 349 g/mol. The highest BCUT2D eigenvalue weighted by Crippen LogP contribution is 2.24. The molecule has 7 nitrogen and oxygen atoms in total. The standard InChI is InChI=1S/C13H19N3O4S.ClH/c1-9-8-16(6-5-15-9)21(18,19)10-3-4-12(20-2)11(7-10)13(14)17;/h3-4,7,9,15H,5-6,8H2,1-2H3,(H2,14,17);1H/t9-;/m1./s1. The number of nitrogens with zero attached hydrogens (tertiary/aromatic N) is 1. The van der Waals surface area contributed by atoms with E-state index in [0.717, 1.165) is 0 Å². The van der Waals surface area contributed by atoms with Crippen LogP contribution in [0, 0.1) is 0 Å². The molecule has 0 spiro atoms. The minimum Gasteiger partial charge on any atom is -0.496 e. The zero-order valence-electron chi connectivity index (χ0n) is 12.4. The highest BCUT2D eigenvalue weighted by Gasteiger charge is 2.29. The summed E-state index contributed by atoms with van der Waals surface area (Å²) < 4.78 is 31.6. The number of piperazine rings is 1. The van der Waals surface area contributed by atoms with Gasteiger partial charge < -0.3 is 15.8 Å². The first-order chi connectivity index (χ1) is 9.86. The van der Waals surface area contributed by atoms with Gasteiger partial charge in [0.2, 0.25) is 10.0 Å². The minimum atomic E-state index is -3.65. The molecule has 0 aromatic heterocycles. The fourth-order valence-electron chi connectivity index (χ4n) is 2.30. The lowest BCUT2D eigenvalue weighted by Crippen LogP contribution is -2.51. The van der Waals surface area contributed by atoms with E-state index in [4.69, 9.17) is 10.5 Å². The normalized spacial score (nSPS) is 19.3. The van der Waals surface area contributed by atoms with Crippen LogP contribution < -0.4 is 15.8 Å². The van der Waals surface area contributed by atoms with E-state index in [1.807, 2.05) is 6.92 Å². The fourth-order valence-corrected chi connectivity index (χ4v) is 3.86. The van der Waals surface area contributed by atoms with E-state index in [1.54, 1.807) is 0 Å². The average Bonchev–Trinajstić information content (AvgIpc) is 2.46. The largest absolute Gasteiger partial charge is 0.496 e. The molecule has 1 fully saturated rings. The second kappa shape index (κ2) is 7.28. The van der Waals surface area contributed by atoms with Crippen LogP contribution in [-0.4, -0.2) is 51.4 Å². The summed E-state index contributed by atoms with van der Waals surface area (Å²) in [6.45, 7) is 3.30. The van der Waals surface area contributed by atoms with Gasteiger partial charge in [0.1, 0.15) is 5.75 Å². The number of hydrogen-bond donors (Lipinski definition) is 2. The second-order valence-corrected chi connectivity index (χ2v) is 6.88. The van der Waals surface area contributed by atoms with Crippen LogP contribution in [0.5, 0.6) is 5.75 Å². The molecule has 124 valence electrons. The molecule has 1 heterocycles. The molecular weight excluding hydrogens is 330 g/mol. The van der Waals surface area contributed by atoms with Crippen molar-refractivity contribution >= 4 is 28.3 Å². The van der Waals surface area contributed by atoms with E-state index in [2.05, 4.69) is 5.32 Å². The van der Waals surface area contributed by atoms with Crippen LogP contribution in [0.4, 0.5) is 0 Å². The summed E-state index contributed by atoms with van der Waals surface area (Å²) in [5, 5.41) is 3.18. The summed E-state index contributed by atoms with van der Waals surface area (Å²) in [6, 6.07) is 4.22. The molecule has 1 atom stereocenters. The third kappa shape index (κ3) is 3.70. The zero-order valence-corrected chi connectivity index (χ0v) is 14.0. The van der Waals surface area contributed by atoms with Crippen molar-refractivity contribution in [3.8, 4) is 5.75 Å². The van der Waals surface area contributed by atoms with Crippen LogP contribution in [0.25, 0.3) is 0 Å². The number of methoxy groups -OCH3 is 1. The number of halogens is 1. The number of ether oxygens (including phenoxy) is 1. The quantitative estimate of drug-likeness (QED) is 0.808. The minimum absolute atomic E-state index is 0. The highest BCUT2D eigenvalue weighted by molar-refractivity contribution is 7.89. The predicted octanol–water partition coefficient (Wildman–Crippen LogP) is 0.198. The van der Waals surface area contributed by atoms with Gasteiger partial charge in [-0.15, -0.1) is 12.4 Å². The number of benzene rings is 1. The van der Waals surface area contributed by atoms with Gasteiger partial charge in [-0.25, -0.2) is 8.42 Å². The van der Waals surface area contributed by atoms with E-state index in [9.17, 15) is 13.2 Å². The number of sulfonamides is 1. The summed E-state index contributed by atoms with van der Waals surface area (Å²) in [5.74, 6) is -0.465. The maximum absolute atomic E-state index is 12.6. The molecule has 0 bridgehead atoms. The molecule has 1 saturated heterocycles. The number of amides is 1. The molecular formula is C13H20ClN3O4S. The zero-order chi connectivity index (χ0) is 15.6. The maximum atomic E-state index is 12.6. The van der Waals surface area contributed by atoms with Gasteiger partial charge >= 0.3 is 0 Å². The van der Waals surface area contributed by atoms with E-state index >= 15 is 0 Å². The van der Waals surface area contributed by atoms with Gasteiger partial charge in [0.25, 0.3) is 5.91 Å². The van der Waals surface area contributed by atoms with Crippen LogP contribution in [0.3, 0.4) is 0 Å². The van der Waals surface area contributed by atoms with E-state index in [0.29, 0.717) is 19.6 Å². The molecule has 1 aromatic rings. The van der Waals surface area contributed by atoms with Crippen molar-refractivity contribution in [1.82, 2.24) is 9.62 Å². The molecule has 0 unspecified atom stereocenters. The number of hydrogen-bond acceptors (Lipinski definition) is 5. The van der Waals surface area contributed by atoms with Crippen LogP contribution >= 0.6 is 12.4 Å². The van der Waals surface area contributed by atoms with Crippen LogP contribution in [0.2, 0.25) is 0 Å². The van der Waals surface area contributed by atoms with Crippen LogP contribution in [0.1, 0.15) is 17.3 Å². The average molecular weight is 350 g/mol. The van der Waals surface area contributed by atoms with E-state index in [1.165, 1.54) is 29.6 Å². The molecule has 22 heavy (non-hydrogen) atoms. The topological polar surface area (TPSA) is 102 Å². The Hall–Kier alpha value is -1.35. The van der Waals surface area contributed by atoms with Crippen molar-refractivity contribution < 1.29 is 17.9 Å². The molecule has 1 aromatic carbocycles. The Balaban J connectivity index is 0.00000242. The van der Waals surface area contributed by atoms with E-state index < -0.39 is 15.9 Å². The first-order valence-corrected chi connectivity index (χ1v) is 8.01. The Morgan fingerprint density at radius 1 is 1.45 bits per heavy atom. The summed E-state index contributed by atoms with van der Waals surface area (Å²) >= 11 is 0. The van der Waals surface area contributed by atoms with Gasteiger partial charge in [-0.05, 0) is 25.1 Å². The lowest BCUT2D eigenvalue weighted by Gasteiger charge is -2.31. The number of rotatable bonds is 4. The van der Waals surface area contributed by atoms with Crippen molar-refractivity contribution in [2.24, 2.45) is 5.73 Å². The maximum Gasteiger partial charge on any atom is 0.252 e. The number of carbonyl (C=O) groups is 1. The molecule has 1 aliphatic rings. The molecule has 1 aliphatic heterocycles. The van der Waals surface area contributed by atoms with Crippen molar-refractivity contribution in [2.75, 3.05) is 26.7 Å². The Labute approximate surface area is 136 Å². The number of nitrogens with one attached hydrogen (secondary N) is 1. The Kier molecular flexibility index (Phi) is 6.18. The molecule has 9 heteroatoms. The second-order valence-electron chi connectivity index (χ2n) is 4.94. The SMILES string of the molecule is COc1ccc(S(=O)(=O)N2CCN[C@H](C)C2)cc1C(N)=O.Cl. The smallest absolute Gasteiger partial charge is 0.252 e. The third-order valence-electron chi connectivity index (χ3n) is 3.41. The predicted molar refractivity (Wildman–Crippen MR) is 85.0 cm³/mol. The summed E-state index contributed by atoms with van der Waals surface area (Å²) in [4.78, 5) is 11.5. The van der Waals surface area contributed by atoms with Crippen molar-refractivity contribution in [2.45, 2.75) is 17.9 Å². The lowest BCUT2D eigenvalue weighted by atomic mass is 10.2. The van der Waals surface area contributed by atoms with Gasteiger partial charge in [0.15, 0.2) is 0 Å². The van der Waals surface area contributed by atoms with Crippen molar-refractivity contribution in [1.29, 1.82) is 0 Å². The van der Waals surface area contributed by atoms with Crippen molar-refractivity contribution in [3.63, 3.8) is 0 Å². The first kappa shape index (κ1) is 18.7. The molecule has 0 radical (unpaired) electrons. The molecule has 0 aliphatic carbocycles. The molecule has 3 N–H and O–H groups in total. The Bertz CT molecular complexity index is 651. The van der Waals surface area contributed by atoms with Gasteiger partial charge in [-0.1, -0.05) is 0 Å². The summed E-state index contributed by atoms with van der Waals surface area (Å²) in [7, 11) is -2.25.